The quantitative estimate of drug-likeness (QED) is 0.759. The predicted molar refractivity (Wildman–Crippen MR) is 95.9 cm³/mol. The van der Waals surface area contributed by atoms with Crippen LogP contribution in [0.5, 0.6) is 5.75 Å². The number of hydrogen-bond donors (Lipinski definition) is 2. The Morgan fingerprint density at radius 3 is 1.96 bits per heavy atom. The molecule has 1 unspecified atom stereocenters. The zero-order valence-electron chi connectivity index (χ0n) is 15.9. The van der Waals surface area contributed by atoms with Gasteiger partial charge in [-0.1, -0.05) is 6.92 Å². The number of hydrogen-bond acceptors (Lipinski definition) is 5. The van der Waals surface area contributed by atoms with Gasteiger partial charge in [0, 0.05) is 0 Å². The fourth-order valence-corrected chi connectivity index (χ4v) is 1.28. The van der Waals surface area contributed by atoms with Gasteiger partial charge in [-0.05, 0) is 65.3 Å². The van der Waals surface area contributed by atoms with E-state index in [0.717, 1.165) is 0 Å². The molecule has 142 valence electrons. The van der Waals surface area contributed by atoms with Gasteiger partial charge in [-0.25, -0.2) is 4.79 Å². The monoisotopic (exact) mass is 354 g/mol. The zero-order valence-corrected chi connectivity index (χ0v) is 15.9. The van der Waals surface area contributed by atoms with Crippen molar-refractivity contribution < 1.29 is 29.3 Å². The number of aliphatic hydroxyl groups excluding tert-OH is 1. The Kier molecular flexibility index (Phi) is 9.82. The molecule has 1 aromatic carbocycles. The molecule has 0 radical (unpaired) electrons. The number of benzene rings is 1. The van der Waals surface area contributed by atoms with E-state index in [-0.39, 0.29) is 18.7 Å². The van der Waals surface area contributed by atoms with E-state index in [9.17, 15) is 14.7 Å². The summed E-state index contributed by atoms with van der Waals surface area (Å²) in [5.74, 6) is -0.471. The number of ether oxygens (including phenoxy) is 2. The van der Waals surface area contributed by atoms with E-state index in [4.69, 9.17) is 14.6 Å². The Morgan fingerprint density at radius 2 is 1.60 bits per heavy atom. The van der Waals surface area contributed by atoms with Gasteiger partial charge in [0.2, 0.25) is 0 Å². The second-order valence-electron chi connectivity index (χ2n) is 6.91. The molecule has 0 aromatic heterocycles. The maximum atomic E-state index is 11.6. The van der Waals surface area contributed by atoms with Crippen molar-refractivity contribution in [2.45, 2.75) is 60.2 Å². The van der Waals surface area contributed by atoms with E-state index in [2.05, 4.69) is 0 Å². The summed E-state index contributed by atoms with van der Waals surface area (Å²) >= 11 is 0. The van der Waals surface area contributed by atoms with Crippen LogP contribution in [0.25, 0.3) is 0 Å². The third kappa shape index (κ3) is 10.4. The van der Waals surface area contributed by atoms with Crippen LogP contribution in [-0.4, -0.2) is 41.0 Å². The number of carboxylic acid groups (broad SMARTS) is 1. The van der Waals surface area contributed by atoms with E-state index in [1.165, 1.54) is 0 Å². The smallest absolute Gasteiger partial charge is 0.338 e. The first-order valence-electron chi connectivity index (χ1n) is 8.32. The molecule has 6 nitrogen and oxygen atoms in total. The highest BCUT2D eigenvalue weighted by Gasteiger charge is 2.18. The Hall–Kier alpha value is -2.08. The number of aliphatic carboxylic acids is 1. The highest BCUT2D eigenvalue weighted by atomic mass is 16.5. The summed E-state index contributed by atoms with van der Waals surface area (Å²) in [5, 5.41) is 17.6. The zero-order chi connectivity index (χ0) is 19.6. The lowest BCUT2D eigenvalue weighted by Gasteiger charge is -2.11. The van der Waals surface area contributed by atoms with Crippen molar-refractivity contribution in [3.63, 3.8) is 0 Å². The molecule has 6 heteroatoms. The van der Waals surface area contributed by atoms with Crippen molar-refractivity contribution in [3.05, 3.63) is 29.8 Å². The van der Waals surface area contributed by atoms with Crippen LogP contribution in [-0.2, 0) is 9.53 Å². The summed E-state index contributed by atoms with van der Waals surface area (Å²) in [4.78, 5) is 21.6. The summed E-state index contributed by atoms with van der Waals surface area (Å²) in [6.45, 7) is 10.7. The molecule has 0 aliphatic rings. The van der Waals surface area contributed by atoms with Crippen LogP contribution < -0.4 is 4.74 Å². The Labute approximate surface area is 149 Å². The van der Waals surface area contributed by atoms with Crippen molar-refractivity contribution >= 4 is 11.9 Å². The summed E-state index contributed by atoms with van der Waals surface area (Å²) < 4.78 is 10.4. The first-order chi connectivity index (χ1) is 11.5. The highest BCUT2D eigenvalue weighted by Crippen LogP contribution is 2.14. The maximum absolute atomic E-state index is 11.6. The van der Waals surface area contributed by atoms with Gasteiger partial charge in [-0.2, -0.15) is 0 Å². The predicted octanol–water partition coefficient (Wildman–Crippen LogP) is 3.52. The van der Waals surface area contributed by atoms with Crippen molar-refractivity contribution in [1.82, 2.24) is 0 Å². The summed E-state index contributed by atoms with van der Waals surface area (Å²) in [6.07, 6.45) is 0.0578. The van der Waals surface area contributed by atoms with E-state index in [1.54, 1.807) is 45.0 Å². The number of esters is 1. The van der Waals surface area contributed by atoms with Gasteiger partial charge >= 0.3 is 11.9 Å². The second kappa shape index (κ2) is 10.7. The standard InChI is InChI=1S/C14H20O4.C5H10O2/c1-4-12(15)9-17-13-7-5-11(6-8-13)14(16)18-10(2)3;1-5(2,3)4(6)7/h5-8,10,12,15H,4,9H2,1-3H3;1-3H3,(H,6,7). The van der Waals surface area contributed by atoms with Crippen LogP contribution in [0.1, 0.15) is 58.3 Å². The minimum absolute atomic E-state index is 0.131. The molecule has 0 amide bonds. The van der Waals surface area contributed by atoms with Gasteiger partial charge in [0.1, 0.15) is 12.4 Å². The molecule has 0 saturated carbocycles. The Balaban J connectivity index is 0.000000697. The molecule has 1 aromatic rings. The van der Waals surface area contributed by atoms with Crippen LogP contribution in [0.3, 0.4) is 0 Å². The molecule has 1 rings (SSSR count). The second-order valence-corrected chi connectivity index (χ2v) is 6.91. The molecule has 0 aliphatic heterocycles. The van der Waals surface area contributed by atoms with E-state index in [1.807, 2.05) is 20.8 Å². The van der Waals surface area contributed by atoms with Crippen LogP contribution in [0.2, 0.25) is 0 Å². The third-order valence-corrected chi connectivity index (χ3v) is 2.99. The lowest BCUT2D eigenvalue weighted by molar-refractivity contribution is -0.145. The number of carbonyl (C=O) groups excluding carboxylic acids is 1. The van der Waals surface area contributed by atoms with Crippen molar-refractivity contribution in [2.75, 3.05) is 6.61 Å². The van der Waals surface area contributed by atoms with Crippen LogP contribution in [0.15, 0.2) is 24.3 Å². The molecule has 0 fully saturated rings. The molecule has 1 atom stereocenters. The molecule has 0 heterocycles. The van der Waals surface area contributed by atoms with E-state index in [0.29, 0.717) is 17.7 Å². The number of carbonyl (C=O) groups is 2. The molecule has 0 saturated heterocycles. The van der Waals surface area contributed by atoms with Crippen LogP contribution in [0.4, 0.5) is 0 Å². The molecule has 0 bridgehead atoms. The van der Waals surface area contributed by atoms with Crippen molar-refractivity contribution in [2.24, 2.45) is 5.41 Å². The number of rotatable bonds is 6. The van der Waals surface area contributed by atoms with E-state index >= 15 is 0 Å². The summed E-state index contributed by atoms with van der Waals surface area (Å²) in [7, 11) is 0. The average molecular weight is 354 g/mol. The van der Waals surface area contributed by atoms with Crippen LogP contribution in [0, 0.1) is 5.41 Å². The maximum Gasteiger partial charge on any atom is 0.338 e. The molecule has 0 aliphatic carbocycles. The van der Waals surface area contributed by atoms with E-state index < -0.39 is 17.5 Å². The topological polar surface area (TPSA) is 93.1 Å². The number of aliphatic hydroxyl groups is 1. The average Bonchev–Trinajstić information content (AvgIpc) is 2.52. The van der Waals surface area contributed by atoms with Gasteiger partial charge in [0.25, 0.3) is 0 Å². The SMILES string of the molecule is CC(C)(C)C(=O)O.CCC(O)COc1ccc(C(=O)OC(C)C)cc1. The Morgan fingerprint density at radius 1 is 1.12 bits per heavy atom. The Bertz CT molecular complexity index is 528. The minimum Gasteiger partial charge on any atom is -0.491 e. The largest absolute Gasteiger partial charge is 0.491 e. The summed E-state index contributed by atoms with van der Waals surface area (Å²) in [5.41, 5.74) is -0.0907. The molecule has 2 N–H and O–H groups in total. The third-order valence-electron chi connectivity index (χ3n) is 2.99. The van der Waals surface area contributed by atoms with Gasteiger partial charge in [0.05, 0.1) is 23.2 Å². The van der Waals surface area contributed by atoms with Gasteiger partial charge in [0.15, 0.2) is 0 Å². The van der Waals surface area contributed by atoms with Gasteiger partial charge in [-0.3, -0.25) is 4.79 Å². The molecule has 0 spiro atoms. The molecular weight excluding hydrogens is 324 g/mol. The lowest BCUT2D eigenvalue weighted by Crippen LogP contribution is -2.18. The first-order valence-corrected chi connectivity index (χ1v) is 8.32. The fraction of sp³-hybridized carbons (Fsp3) is 0.579. The first kappa shape index (κ1) is 22.9. The highest BCUT2D eigenvalue weighted by molar-refractivity contribution is 5.89. The van der Waals surface area contributed by atoms with Crippen molar-refractivity contribution in [3.8, 4) is 5.75 Å². The minimum atomic E-state index is -0.757. The van der Waals surface area contributed by atoms with Gasteiger partial charge < -0.3 is 19.7 Å². The summed E-state index contributed by atoms with van der Waals surface area (Å²) in [6, 6.07) is 6.69. The molecule has 25 heavy (non-hydrogen) atoms. The normalized spacial score (nSPS) is 12.0. The van der Waals surface area contributed by atoms with Gasteiger partial charge in [-0.15, -0.1) is 0 Å². The number of carboxylic acids is 1. The van der Waals surface area contributed by atoms with Crippen molar-refractivity contribution in [1.29, 1.82) is 0 Å². The van der Waals surface area contributed by atoms with Crippen LogP contribution >= 0.6 is 0 Å². The molecular formula is C19H30O6. The lowest BCUT2D eigenvalue weighted by atomic mass is 9.98. The fourth-order valence-electron chi connectivity index (χ4n) is 1.28.